The number of benzene rings is 2. The molecule has 2 fully saturated rings. The van der Waals surface area contributed by atoms with Gasteiger partial charge >= 0.3 is 0 Å². The third kappa shape index (κ3) is 6.19. The van der Waals surface area contributed by atoms with Crippen LogP contribution in [0.15, 0.2) is 79.1 Å². The maximum Gasteiger partial charge on any atom is 0.240 e. The zero-order valence-corrected chi connectivity index (χ0v) is 22.6. The molecule has 194 valence electrons. The lowest BCUT2D eigenvalue weighted by molar-refractivity contribution is -0.134. The molecule has 2 aliphatic heterocycles. The summed E-state index contributed by atoms with van der Waals surface area (Å²) in [5.74, 6) is 0.990. The quantitative estimate of drug-likeness (QED) is 0.455. The van der Waals surface area contributed by atoms with Crippen LogP contribution >= 0.6 is 23.4 Å². The first kappa shape index (κ1) is 26.2. The standard InChI is InChI=1S/C29H33ClN4O2S/c1-29(23-7-3-2-4-8-23,24-9-11-25(30)12-10-24)36-19-18-33-14-16-34(17-15-33)28(35)26-21-37-27(32-26)22-6-5-13-31-20-22/h2-13,20,26-27,32H,14-19,21H2,1H3/t26-,27?,29?/m0/s1. The van der Waals surface area contributed by atoms with E-state index in [1.165, 1.54) is 0 Å². The Bertz CT molecular complexity index is 1160. The zero-order valence-electron chi connectivity index (χ0n) is 21.1. The number of nitrogens with one attached hydrogen (secondary N) is 1. The summed E-state index contributed by atoms with van der Waals surface area (Å²) in [6.45, 7) is 6.72. The van der Waals surface area contributed by atoms with Crippen LogP contribution in [0.1, 0.15) is 29.0 Å². The van der Waals surface area contributed by atoms with Crippen LogP contribution in [0.4, 0.5) is 0 Å². The van der Waals surface area contributed by atoms with Crippen molar-refractivity contribution < 1.29 is 9.53 Å². The summed E-state index contributed by atoms with van der Waals surface area (Å²) in [5.41, 5.74) is 2.73. The van der Waals surface area contributed by atoms with Gasteiger partial charge < -0.3 is 9.64 Å². The summed E-state index contributed by atoms with van der Waals surface area (Å²) >= 11 is 7.92. The zero-order chi connectivity index (χ0) is 25.7. The van der Waals surface area contributed by atoms with Gasteiger partial charge in [-0.3, -0.25) is 20.0 Å². The summed E-state index contributed by atoms with van der Waals surface area (Å²) in [7, 11) is 0. The molecule has 6 nitrogen and oxygen atoms in total. The maximum atomic E-state index is 13.1. The van der Waals surface area contributed by atoms with Crippen molar-refractivity contribution in [3.05, 3.63) is 101 Å². The summed E-state index contributed by atoms with van der Waals surface area (Å²) < 4.78 is 6.57. The number of pyridine rings is 1. The second-order valence-corrected chi connectivity index (χ2v) is 11.2. The molecule has 0 aliphatic carbocycles. The van der Waals surface area contributed by atoms with Gasteiger partial charge in [-0.1, -0.05) is 60.1 Å². The van der Waals surface area contributed by atoms with Crippen LogP contribution in [0.3, 0.4) is 0 Å². The Hall–Kier alpha value is -2.42. The highest BCUT2D eigenvalue weighted by Gasteiger charge is 2.35. The molecule has 2 aromatic carbocycles. The van der Waals surface area contributed by atoms with Crippen molar-refractivity contribution in [1.82, 2.24) is 20.1 Å². The molecule has 2 aliphatic rings. The number of nitrogens with zero attached hydrogens (tertiary/aromatic N) is 3. The molecule has 3 atom stereocenters. The Balaban J connectivity index is 1.12. The van der Waals surface area contributed by atoms with Crippen LogP contribution in [0, 0.1) is 0 Å². The van der Waals surface area contributed by atoms with Gasteiger partial charge in [0.05, 0.1) is 18.0 Å². The molecule has 0 bridgehead atoms. The van der Waals surface area contributed by atoms with Crippen LogP contribution in [-0.2, 0) is 15.1 Å². The second kappa shape index (κ2) is 12.0. The first-order valence-corrected chi connectivity index (χ1v) is 14.2. The number of hydrogen-bond donors (Lipinski definition) is 1. The van der Waals surface area contributed by atoms with E-state index in [9.17, 15) is 4.79 Å². The molecule has 0 radical (unpaired) electrons. The van der Waals surface area contributed by atoms with Crippen molar-refractivity contribution in [2.45, 2.75) is 23.9 Å². The lowest BCUT2D eigenvalue weighted by atomic mass is 9.88. The minimum Gasteiger partial charge on any atom is -0.365 e. The highest BCUT2D eigenvalue weighted by Crippen LogP contribution is 2.34. The van der Waals surface area contributed by atoms with E-state index in [0.29, 0.717) is 11.6 Å². The molecular weight excluding hydrogens is 504 g/mol. The molecule has 2 saturated heterocycles. The molecule has 2 unspecified atom stereocenters. The van der Waals surface area contributed by atoms with E-state index < -0.39 is 5.60 Å². The van der Waals surface area contributed by atoms with E-state index in [1.54, 1.807) is 18.0 Å². The average molecular weight is 537 g/mol. The van der Waals surface area contributed by atoms with Gasteiger partial charge in [-0.05, 0) is 41.8 Å². The smallest absolute Gasteiger partial charge is 0.240 e. The number of carbonyl (C=O) groups excluding carboxylic acids is 1. The van der Waals surface area contributed by atoms with E-state index in [1.807, 2.05) is 59.6 Å². The fourth-order valence-corrected chi connectivity index (χ4v) is 6.33. The average Bonchev–Trinajstić information content (AvgIpc) is 3.45. The monoisotopic (exact) mass is 536 g/mol. The summed E-state index contributed by atoms with van der Waals surface area (Å²) in [6.07, 6.45) is 3.64. The first-order valence-electron chi connectivity index (χ1n) is 12.8. The number of hydrogen-bond acceptors (Lipinski definition) is 6. The lowest BCUT2D eigenvalue weighted by Crippen LogP contribution is -2.54. The van der Waals surface area contributed by atoms with Crippen molar-refractivity contribution in [3.8, 4) is 0 Å². The van der Waals surface area contributed by atoms with E-state index in [4.69, 9.17) is 16.3 Å². The topological polar surface area (TPSA) is 57.7 Å². The summed E-state index contributed by atoms with van der Waals surface area (Å²) in [5, 5.41) is 4.33. The Labute approximate surface area is 228 Å². The number of ether oxygens (including phenoxy) is 1. The minimum absolute atomic E-state index is 0.126. The molecule has 3 heterocycles. The highest BCUT2D eigenvalue weighted by atomic mass is 35.5. The van der Waals surface area contributed by atoms with Crippen molar-refractivity contribution in [3.63, 3.8) is 0 Å². The van der Waals surface area contributed by atoms with Crippen LogP contribution in [0.2, 0.25) is 5.02 Å². The fourth-order valence-electron chi connectivity index (χ4n) is 4.99. The third-order valence-electron chi connectivity index (χ3n) is 7.27. The third-order valence-corrected chi connectivity index (χ3v) is 8.79. The number of halogens is 1. The molecule has 5 rings (SSSR count). The van der Waals surface area contributed by atoms with Gasteiger partial charge in [0, 0.05) is 55.9 Å². The van der Waals surface area contributed by atoms with E-state index in [2.05, 4.69) is 40.3 Å². The molecule has 1 N–H and O–H groups in total. The summed E-state index contributed by atoms with van der Waals surface area (Å²) in [6, 6.07) is 22.1. The Morgan fingerprint density at radius 1 is 1.05 bits per heavy atom. The molecule has 8 heteroatoms. The number of thioether (sulfide) groups is 1. The molecule has 1 amide bonds. The predicted octanol–water partition coefficient (Wildman–Crippen LogP) is 4.56. The van der Waals surface area contributed by atoms with Crippen molar-refractivity contribution in [2.24, 2.45) is 0 Å². The van der Waals surface area contributed by atoms with Gasteiger partial charge in [0.25, 0.3) is 0 Å². The number of piperazine rings is 1. The molecule has 1 aromatic heterocycles. The van der Waals surface area contributed by atoms with Crippen LogP contribution < -0.4 is 5.32 Å². The van der Waals surface area contributed by atoms with Crippen LogP contribution in [-0.4, -0.2) is 71.8 Å². The van der Waals surface area contributed by atoms with E-state index >= 15 is 0 Å². The normalized spacial score (nSPS) is 22.1. The van der Waals surface area contributed by atoms with E-state index in [-0.39, 0.29) is 17.3 Å². The SMILES string of the molecule is CC(OCCN1CCN(C(=O)[C@@H]2CSC(c3cccnc3)N2)CC1)(c1ccccc1)c1ccc(Cl)cc1. The second-order valence-electron chi connectivity index (χ2n) is 9.64. The maximum absolute atomic E-state index is 13.1. The van der Waals surface area contributed by atoms with Gasteiger partial charge in [0.1, 0.15) is 5.60 Å². The number of aromatic nitrogens is 1. The van der Waals surface area contributed by atoms with Gasteiger partial charge in [0.15, 0.2) is 0 Å². The van der Waals surface area contributed by atoms with Gasteiger partial charge in [-0.25, -0.2) is 0 Å². The Morgan fingerprint density at radius 2 is 1.78 bits per heavy atom. The molecular formula is C29H33ClN4O2S. The minimum atomic E-state index is -0.569. The summed E-state index contributed by atoms with van der Waals surface area (Å²) in [4.78, 5) is 21.7. The van der Waals surface area contributed by atoms with E-state index in [0.717, 1.165) is 55.2 Å². The van der Waals surface area contributed by atoms with Crippen LogP contribution in [0.5, 0.6) is 0 Å². The molecule has 3 aromatic rings. The van der Waals surface area contributed by atoms with Crippen LogP contribution in [0.25, 0.3) is 0 Å². The highest BCUT2D eigenvalue weighted by molar-refractivity contribution is 7.99. The molecule has 0 saturated carbocycles. The first-order chi connectivity index (χ1) is 18.0. The fraction of sp³-hybridized carbons (Fsp3) is 0.379. The number of rotatable bonds is 8. The van der Waals surface area contributed by atoms with Gasteiger partial charge in [0.2, 0.25) is 5.91 Å². The van der Waals surface area contributed by atoms with Crippen molar-refractivity contribution >= 4 is 29.3 Å². The lowest BCUT2D eigenvalue weighted by Gasteiger charge is -2.37. The van der Waals surface area contributed by atoms with Gasteiger partial charge in [-0.15, -0.1) is 11.8 Å². The molecule has 0 spiro atoms. The van der Waals surface area contributed by atoms with Crippen molar-refractivity contribution in [2.75, 3.05) is 45.1 Å². The largest absolute Gasteiger partial charge is 0.365 e. The van der Waals surface area contributed by atoms with Gasteiger partial charge in [-0.2, -0.15) is 0 Å². The predicted molar refractivity (Wildman–Crippen MR) is 150 cm³/mol. The Kier molecular flexibility index (Phi) is 8.47. The molecule has 37 heavy (non-hydrogen) atoms. The Morgan fingerprint density at radius 3 is 2.49 bits per heavy atom. The number of carbonyl (C=O) groups is 1. The number of amides is 1. The van der Waals surface area contributed by atoms with Crippen molar-refractivity contribution in [1.29, 1.82) is 0 Å².